The lowest BCUT2D eigenvalue weighted by atomic mass is 9.98. The molecule has 3 nitrogen and oxygen atoms in total. The summed E-state index contributed by atoms with van der Waals surface area (Å²) in [5.41, 5.74) is -0.311. The van der Waals surface area contributed by atoms with E-state index >= 15 is 0 Å². The lowest BCUT2D eigenvalue weighted by Gasteiger charge is -2.30. The summed E-state index contributed by atoms with van der Waals surface area (Å²) in [5.74, 6) is -0.227. The van der Waals surface area contributed by atoms with E-state index in [2.05, 4.69) is 6.58 Å². The van der Waals surface area contributed by atoms with Crippen molar-refractivity contribution in [2.24, 2.45) is 0 Å². The van der Waals surface area contributed by atoms with Crippen molar-refractivity contribution in [2.45, 2.75) is 19.1 Å². The van der Waals surface area contributed by atoms with Crippen molar-refractivity contribution in [3.63, 3.8) is 0 Å². The zero-order valence-electron chi connectivity index (χ0n) is 11.6. The van der Waals surface area contributed by atoms with Gasteiger partial charge in [0, 0.05) is 4.88 Å². The Hall–Kier alpha value is -1.14. The van der Waals surface area contributed by atoms with Gasteiger partial charge in [-0.3, -0.25) is 4.79 Å². The van der Waals surface area contributed by atoms with Gasteiger partial charge in [-0.05, 0) is 46.8 Å². The first kappa shape index (κ1) is 16.2. The number of hydrogen-bond donors (Lipinski definition) is 1. The quantitative estimate of drug-likeness (QED) is 0.810. The summed E-state index contributed by atoms with van der Waals surface area (Å²) in [6.45, 7) is 5.77. The second kappa shape index (κ2) is 6.75. The molecule has 2 aromatic heterocycles. The average Bonchev–Trinajstić information content (AvgIpc) is 3.09. The molecule has 0 saturated heterocycles. The number of halogens is 1. The molecule has 0 aliphatic rings. The first-order valence-electron chi connectivity index (χ1n) is 6.32. The van der Waals surface area contributed by atoms with E-state index in [1.807, 2.05) is 22.2 Å². The summed E-state index contributed by atoms with van der Waals surface area (Å²) in [6.07, 6.45) is 1.26. The summed E-state index contributed by atoms with van der Waals surface area (Å²) in [5, 5.41) is 16.9. The minimum atomic E-state index is -1.11. The maximum Gasteiger partial charge on any atom is 0.246 e. The van der Waals surface area contributed by atoms with Crippen LogP contribution in [0.4, 0.5) is 0 Å². The highest BCUT2D eigenvalue weighted by atomic mass is 35.5. The minimum absolute atomic E-state index is 0.183. The van der Waals surface area contributed by atoms with E-state index in [-0.39, 0.29) is 12.5 Å². The Kier molecular flexibility index (Phi) is 5.22. The van der Waals surface area contributed by atoms with Gasteiger partial charge < -0.3 is 10.0 Å². The van der Waals surface area contributed by atoms with E-state index in [9.17, 15) is 9.90 Å². The van der Waals surface area contributed by atoms with Gasteiger partial charge in [-0.25, -0.2) is 0 Å². The molecule has 0 radical (unpaired) electrons. The van der Waals surface area contributed by atoms with Crippen LogP contribution in [-0.4, -0.2) is 22.5 Å². The first-order valence-corrected chi connectivity index (χ1v) is 8.52. The summed E-state index contributed by atoms with van der Waals surface area (Å²) in [4.78, 5) is 14.5. The van der Waals surface area contributed by atoms with Crippen molar-refractivity contribution in [3.05, 3.63) is 56.4 Å². The summed E-state index contributed by atoms with van der Waals surface area (Å²) < 4.78 is 0. The van der Waals surface area contributed by atoms with E-state index < -0.39 is 5.60 Å². The van der Waals surface area contributed by atoms with Gasteiger partial charge in [0.1, 0.15) is 5.60 Å². The van der Waals surface area contributed by atoms with Gasteiger partial charge in [-0.1, -0.05) is 18.2 Å². The molecule has 1 unspecified atom stereocenters. The van der Waals surface area contributed by atoms with Crippen LogP contribution in [0.5, 0.6) is 0 Å². The number of amides is 1. The normalized spacial score (nSPS) is 13.7. The number of aliphatic hydroxyl groups is 1. The third kappa shape index (κ3) is 3.95. The lowest BCUT2D eigenvalue weighted by Crippen LogP contribution is -2.41. The fraction of sp³-hybridized carbons (Fsp3) is 0.267. The van der Waals surface area contributed by atoms with Gasteiger partial charge in [-0.2, -0.15) is 11.3 Å². The zero-order valence-corrected chi connectivity index (χ0v) is 14.0. The van der Waals surface area contributed by atoms with Crippen LogP contribution in [0.2, 0.25) is 5.02 Å². The van der Waals surface area contributed by atoms with Crippen LogP contribution < -0.4 is 0 Å². The minimum Gasteiger partial charge on any atom is -0.384 e. The van der Waals surface area contributed by atoms with Gasteiger partial charge in [0.25, 0.3) is 0 Å². The standard InChI is InChI=1S/C15H16ClNO2S2/c1-3-14(18)17(8-13-12(16)5-7-21-13)10-15(2,19)11-4-6-20-9-11/h3-7,9,19H,1,8,10H2,2H3. The molecule has 0 spiro atoms. The second-order valence-corrected chi connectivity index (χ2v) is 7.06. The van der Waals surface area contributed by atoms with Gasteiger partial charge in [0.15, 0.2) is 0 Å². The summed E-state index contributed by atoms with van der Waals surface area (Å²) in [7, 11) is 0. The van der Waals surface area contributed by atoms with Crippen LogP contribution in [0.1, 0.15) is 17.4 Å². The molecule has 21 heavy (non-hydrogen) atoms. The van der Waals surface area contributed by atoms with Crippen molar-refractivity contribution < 1.29 is 9.90 Å². The summed E-state index contributed by atoms with van der Waals surface area (Å²) >= 11 is 9.09. The van der Waals surface area contributed by atoms with E-state index in [1.54, 1.807) is 17.9 Å². The van der Waals surface area contributed by atoms with Crippen LogP contribution in [-0.2, 0) is 16.9 Å². The molecule has 112 valence electrons. The number of hydrogen-bond acceptors (Lipinski definition) is 4. The molecule has 0 fully saturated rings. The first-order chi connectivity index (χ1) is 9.94. The molecule has 1 N–H and O–H groups in total. The fourth-order valence-corrected chi connectivity index (χ4v) is 3.88. The highest BCUT2D eigenvalue weighted by Crippen LogP contribution is 2.28. The molecule has 0 aliphatic heterocycles. The van der Waals surface area contributed by atoms with E-state index in [1.165, 1.54) is 28.7 Å². The maximum atomic E-state index is 12.1. The van der Waals surface area contributed by atoms with Crippen LogP contribution in [0.15, 0.2) is 40.9 Å². The molecule has 0 aromatic carbocycles. The molecule has 2 aromatic rings. The van der Waals surface area contributed by atoms with Gasteiger partial charge in [0.2, 0.25) is 5.91 Å². The van der Waals surface area contributed by atoms with Crippen molar-refractivity contribution in [3.8, 4) is 0 Å². The molecule has 1 amide bonds. The van der Waals surface area contributed by atoms with Crippen LogP contribution in [0.25, 0.3) is 0 Å². The Morgan fingerprint density at radius 2 is 2.29 bits per heavy atom. The molecule has 0 saturated carbocycles. The van der Waals surface area contributed by atoms with Crippen molar-refractivity contribution in [2.75, 3.05) is 6.54 Å². The van der Waals surface area contributed by atoms with Gasteiger partial charge in [0.05, 0.1) is 18.1 Å². The lowest BCUT2D eigenvalue weighted by molar-refractivity contribution is -0.130. The van der Waals surface area contributed by atoms with E-state index in [0.29, 0.717) is 11.6 Å². The van der Waals surface area contributed by atoms with E-state index in [4.69, 9.17) is 11.6 Å². The van der Waals surface area contributed by atoms with Crippen LogP contribution in [0.3, 0.4) is 0 Å². The number of carbonyl (C=O) groups is 1. The van der Waals surface area contributed by atoms with Gasteiger partial charge in [-0.15, -0.1) is 11.3 Å². The monoisotopic (exact) mass is 341 g/mol. The molecular weight excluding hydrogens is 326 g/mol. The number of carbonyl (C=O) groups excluding carboxylic acids is 1. The topological polar surface area (TPSA) is 40.5 Å². The summed E-state index contributed by atoms with van der Waals surface area (Å²) in [6, 6.07) is 3.66. The maximum absolute atomic E-state index is 12.1. The predicted molar refractivity (Wildman–Crippen MR) is 88.8 cm³/mol. The average molecular weight is 342 g/mol. The van der Waals surface area contributed by atoms with Crippen molar-refractivity contribution in [1.29, 1.82) is 0 Å². The van der Waals surface area contributed by atoms with Crippen molar-refractivity contribution >= 4 is 40.2 Å². The van der Waals surface area contributed by atoms with Crippen molar-refractivity contribution in [1.82, 2.24) is 4.90 Å². The van der Waals surface area contributed by atoms with Crippen LogP contribution in [0, 0.1) is 0 Å². The third-order valence-electron chi connectivity index (χ3n) is 3.15. The SMILES string of the molecule is C=CC(=O)N(Cc1sccc1Cl)CC(C)(O)c1ccsc1. The largest absolute Gasteiger partial charge is 0.384 e. The second-order valence-electron chi connectivity index (χ2n) is 4.88. The Bertz CT molecular complexity index is 619. The molecule has 0 bridgehead atoms. The van der Waals surface area contributed by atoms with E-state index in [0.717, 1.165) is 10.4 Å². The predicted octanol–water partition coefficient (Wildman–Crippen LogP) is 3.89. The highest BCUT2D eigenvalue weighted by molar-refractivity contribution is 7.10. The molecule has 2 heterocycles. The molecule has 6 heteroatoms. The molecular formula is C15H16ClNO2S2. The smallest absolute Gasteiger partial charge is 0.246 e. The van der Waals surface area contributed by atoms with Crippen LogP contribution >= 0.6 is 34.3 Å². The number of nitrogens with zero attached hydrogens (tertiary/aromatic N) is 1. The highest BCUT2D eigenvalue weighted by Gasteiger charge is 2.28. The molecule has 2 rings (SSSR count). The Morgan fingerprint density at radius 1 is 1.52 bits per heavy atom. The van der Waals surface area contributed by atoms with Gasteiger partial charge >= 0.3 is 0 Å². The fourth-order valence-electron chi connectivity index (χ4n) is 1.99. The Morgan fingerprint density at radius 3 is 2.81 bits per heavy atom. The number of thiophene rings is 2. The Labute approximate surface area is 137 Å². The third-order valence-corrected chi connectivity index (χ3v) is 5.21. The molecule has 0 aliphatic carbocycles. The zero-order chi connectivity index (χ0) is 15.5. The Balaban J connectivity index is 2.19. The molecule has 1 atom stereocenters. The number of rotatable bonds is 6.